The van der Waals surface area contributed by atoms with Crippen LogP contribution in [0.1, 0.15) is 61.2 Å². The molecule has 2 aliphatic rings. The van der Waals surface area contributed by atoms with E-state index >= 15 is 0 Å². The highest BCUT2D eigenvalue weighted by atomic mass is 19.1. The predicted molar refractivity (Wildman–Crippen MR) is 228 cm³/mol. The molecule has 2 fully saturated rings. The molecule has 1 N–H and O–H groups in total. The van der Waals surface area contributed by atoms with E-state index in [0.717, 1.165) is 104 Å². The largest absolute Gasteiger partial charge is 0.490 e. The summed E-state index contributed by atoms with van der Waals surface area (Å²) in [4.78, 5) is 13.4. The third-order valence-electron chi connectivity index (χ3n) is 10.9. The van der Waals surface area contributed by atoms with E-state index in [0.29, 0.717) is 28.4 Å². The van der Waals surface area contributed by atoms with Crippen LogP contribution in [0.25, 0.3) is 33.2 Å². The van der Waals surface area contributed by atoms with Gasteiger partial charge in [-0.05, 0) is 86.2 Å². The molecule has 9 rings (SSSR count). The molecule has 0 radical (unpaired) electrons. The standard InChI is InChI=1S/C23H23FN6O.C23H22FN3O.CH4/c1-15-13-21(19-7-4-8-20(24)22(19)25-15)31-17-9-11-30(12-10-17)14-16-5-2-3-6-18(16)23-26-28-29-27-23;1-16-13-22(20-7-4-8-21(24)23(20)26-16)28-19-9-11-27(12-10-19)15-18-6-3-2-5-17(18)14-25;/h2-8,13,17H,9-12,14H2,1H3,(H,26,27,28,29);2-8,13,19H,9-12,15H2,1H3;1H4. The molecule has 7 aromatic rings. The summed E-state index contributed by atoms with van der Waals surface area (Å²) in [6.45, 7) is 8.96. The fourth-order valence-corrected chi connectivity index (χ4v) is 7.93. The number of ether oxygens (including phenoxy) is 2. The number of likely N-dealkylation sites (tertiary alicyclic amines) is 2. The minimum Gasteiger partial charge on any atom is -0.490 e. The zero-order valence-electron chi connectivity index (χ0n) is 33.1. The van der Waals surface area contributed by atoms with Crippen LogP contribution in [0, 0.1) is 36.8 Å². The van der Waals surface area contributed by atoms with Crippen LogP contribution in [0.5, 0.6) is 11.5 Å². The molecule has 0 atom stereocenters. The number of hydrogen-bond donors (Lipinski definition) is 1. The fourth-order valence-electron chi connectivity index (χ4n) is 7.93. The third kappa shape index (κ3) is 9.73. The number of H-pyrrole nitrogens is 1. The molecular weight excluding hydrogens is 761 g/mol. The first-order valence-electron chi connectivity index (χ1n) is 20.0. The molecule has 0 spiro atoms. The molecule has 2 aliphatic heterocycles. The Kier molecular flexibility index (Phi) is 13.3. The Morgan fingerprint density at radius 3 is 1.70 bits per heavy atom. The summed E-state index contributed by atoms with van der Waals surface area (Å²) >= 11 is 0. The summed E-state index contributed by atoms with van der Waals surface area (Å²) in [5, 5.41) is 25.1. The number of halogens is 2. The monoisotopic (exact) mass is 809 g/mol. The molecule has 2 saturated heterocycles. The molecule has 0 amide bonds. The summed E-state index contributed by atoms with van der Waals surface area (Å²) in [5.74, 6) is 1.39. The van der Waals surface area contributed by atoms with Crippen molar-refractivity contribution in [1.29, 1.82) is 5.26 Å². The average molecular weight is 810 g/mol. The molecule has 60 heavy (non-hydrogen) atoms. The first-order valence-corrected chi connectivity index (χ1v) is 20.0. The Morgan fingerprint density at radius 1 is 0.683 bits per heavy atom. The number of nitrogens with zero attached hydrogens (tertiary/aromatic N) is 8. The van der Waals surface area contributed by atoms with E-state index in [2.05, 4.69) is 52.5 Å². The van der Waals surface area contributed by atoms with E-state index in [-0.39, 0.29) is 31.3 Å². The normalized spacial score (nSPS) is 15.2. The second kappa shape index (κ2) is 19.1. The molecular formula is C47H49F2N9O2. The molecule has 5 heterocycles. The smallest absolute Gasteiger partial charge is 0.204 e. The lowest BCUT2D eigenvalue weighted by atomic mass is 10.0. The first kappa shape index (κ1) is 41.8. The number of para-hydroxylation sites is 2. The van der Waals surface area contributed by atoms with Crippen LogP contribution in [0.4, 0.5) is 8.78 Å². The number of fused-ring (bicyclic) bond motifs is 2. The minimum absolute atomic E-state index is 0. The quantitative estimate of drug-likeness (QED) is 0.151. The number of aromatic amines is 1. The van der Waals surface area contributed by atoms with Crippen molar-refractivity contribution in [3.05, 3.63) is 137 Å². The van der Waals surface area contributed by atoms with Gasteiger partial charge in [0, 0.05) is 79.1 Å². The average Bonchev–Trinajstić information content (AvgIpc) is 3.79. The predicted octanol–water partition coefficient (Wildman–Crippen LogP) is 9.14. The molecule has 0 aliphatic carbocycles. The molecule has 3 aromatic heterocycles. The maximum absolute atomic E-state index is 14.2. The number of rotatable bonds is 9. The number of nitrogens with one attached hydrogen (secondary N) is 1. The number of hydrogen-bond acceptors (Lipinski definition) is 10. The van der Waals surface area contributed by atoms with Crippen molar-refractivity contribution in [3.8, 4) is 29.0 Å². The Balaban J connectivity index is 0.000000179. The van der Waals surface area contributed by atoms with Gasteiger partial charge in [0.2, 0.25) is 5.82 Å². The number of aryl methyl sites for hydroxylation is 2. The molecule has 308 valence electrons. The molecule has 11 nitrogen and oxygen atoms in total. The van der Waals surface area contributed by atoms with Gasteiger partial charge in [-0.1, -0.05) is 62.0 Å². The highest BCUT2D eigenvalue weighted by Gasteiger charge is 2.24. The van der Waals surface area contributed by atoms with Crippen molar-refractivity contribution in [2.75, 3.05) is 26.2 Å². The van der Waals surface area contributed by atoms with Crippen molar-refractivity contribution >= 4 is 21.8 Å². The van der Waals surface area contributed by atoms with Crippen LogP contribution in [0.2, 0.25) is 0 Å². The molecule has 0 saturated carbocycles. The molecule has 4 aromatic carbocycles. The van der Waals surface area contributed by atoms with Gasteiger partial charge >= 0.3 is 0 Å². The van der Waals surface area contributed by atoms with Crippen molar-refractivity contribution in [2.24, 2.45) is 0 Å². The lowest BCUT2D eigenvalue weighted by molar-refractivity contribution is 0.0978. The number of tetrazole rings is 1. The minimum atomic E-state index is -0.322. The van der Waals surface area contributed by atoms with E-state index in [1.807, 2.05) is 80.6 Å². The summed E-state index contributed by atoms with van der Waals surface area (Å²) in [6, 6.07) is 31.9. The Hall–Kier alpha value is -6.36. The Labute approximate surface area is 349 Å². The van der Waals surface area contributed by atoms with Crippen LogP contribution >= 0.6 is 0 Å². The highest BCUT2D eigenvalue weighted by molar-refractivity contribution is 5.86. The van der Waals surface area contributed by atoms with Crippen molar-refractivity contribution in [3.63, 3.8) is 0 Å². The molecule has 0 bridgehead atoms. The van der Waals surface area contributed by atoms with Gasteiger partial charge in [-0.25, -0.2) is 18.7 Å². The number of piperidine rings is 2. The second-order valence-electron chi connectivity index (χ2n) is 15.1. The summed E-state index contributed by atoms with van der Waals surface area (Å²) < 4.78 is 40.9. The van der Waals surface area contributed by atoms with Gasteiger partial charge in [-0.15, -0.1) is 10.2 Å². The van der Waals surface area contributed by atoms with Crippen LogP contribution in [0.3, 0.4) is 0 Å². The van der Waals surface area contributed by atoms with Gasteiger partial charge in [0.1, 0.15) is 46.4 Å². The summed E-state index contributed by atoms with van der Waals surface area (Å²) in [5.41, 5.74) is 6.21. The van der Waals surface area contributed by atoms with Crippen molar-refractivity contribution in [1.82, 2.24) is 40.4 Å². The highest BCUT2D eigenvalue weighted by Crippen LogP contribution is 2.32. The summed E-state index contributed by atoms with van der Waals surface area (Å²) in [7, 11) is 0. The van der Waals surface area contributed by atoms with Gasteiger partial charge in [-0.2, -0.15) is 10.5 Å². The topological polar surface area (TPSA) is 129 Å². The van der Waals surface area contributed by atoms with Gasteiger partial charge in [0.05, 0.1) is 11.6 Å². The van der Waals surface area contributed by atoms with Crippen LogP contribution in [-0.4, -0.2) is 78.8 Å². The third-order valence-corrected chi connectivity index (χ3v) is 10.9. The second-order valence-corrected chi connectivity index (χ2v) is 15.1. The van der Waals surface area contributed by atoms with Crippen LogP contribution < -0.4 is 9.47 Å². The number of aromatic nitrogens is 6. The first-order chi connectivity index (χ1) is 28.8. The lowest BCUT2D eigenvalue weighted by Gasteiger charge is -2.32. The zero-order valence-corrected chi connectivity index (χ0v) is 33.1. The number of benzene rings is 4. The Bertz CT molecular complexity index is 2580. The summed E-state index contributed by atoms with van der Waals surface area (Å²) in [6.07, 6.45) is 3.79. The van der Waals surface area contributed by atoms with Gasteiger partial charge in [0.15, 0.2) is 0 Å². The van der Waals surface area contributed by atoms with Crippen molar-refractivity contribution in [2.45, 2.75) is 72.3 Å². The number of nitriles is 1. The molecule has 13 heteroatoms. The SMILES string of the molecule is C.Cc1cc(OC2CCN(Cc3ccccc3-c3nn[nH]n3)CC2)c2cccc(F)c2n1.Cc1cc(OC2CCN(Cc3ccccc3C#N)CC2)c2cccc(F)c2n1. The van der Waals surface area contributed by atoms with Gasteiger partial charge in [0.25, 0.3) is 0 Å². The van der Waals surface area contributed by atoms with Gasteiger partial charge in [-0.3, -0.25) is 9.80 Å². The molecule has 0 unspecified atom stereocenters. The van der Waals surface area contributed by atoms with Crippen LogP contribution in [0.15, 0.2) is 97.1 Å². The maximum atomic E-state index is 14.2. The van der Waals surface area contributed by atoms with E-state index < -0.39 is 0 Å². The van der Waals surface area contributed by atoms with E-state index in [1.165, 1.54) is 17.7 Å². The Morgan fingerprint density at radius 2 is 1.18 bits per heavy atom. The van der Waals surface area contributed by atoms with E-state index in [9.17, 15) is 14.0 Å². The van der Waals surface area contributed by atoms with E-state index in [1.54, 1.807) is 12.1 Å². The van der Waals surface area contributed by atoms with Crippen LogP contribution in [-0.2, 0) is 13.1 Å². The fraction of sp³-hybridized carbons (Fsp3) is 0.319. The van der Waals surface area contributed by atoms with Gasteiger partial charge < -0.3 is 9.47 Å². The zero-order chi connectivity index (χ0) is 40.7. The van der Waals surface area contributed by atoms with Crippen molar-refractivity contribution < 1.29 is 18.3 Å². The number of pyridine rings is 2. The maximum Gasteiger partial charge on any atom is 0.204 e. The lowest BCUT2D eigenvalue weighted by Crippen LogP contribution is -2.38. The van der Waals surface area contributed by atoms with E-state index in [4.69, 9.17) is 9.47 Å².